The Morgan fingerprint density at radius 3 is 2.24 bits per heavy atom. The summed E-state index contributed by atoms with van der Waals surface area (Å²) in [4.78, 5) is 13.4. The van der Waals surface area contributed by atoms with Crippen LogP contribution in [0.3, 0.4) is 0 Å². The number of nitrogens with one attached hydrogen (secondary N) is 1. The first kappa shape index (κ1) is 38.3. The quantitative estimate of drug-likeness (QED) is 0.0723. The Morgan fingerprint density at radius 2 is 1.60 bits per heavy atom. The summed E-state index contributed by atoms with van der Waals surface area (Å²) in [5.41, 5.74) is 14.9. The highest BCUT2D eigenvalue weighted by atomic mass is 31.2. The number of rotatable bonds is 16. The van der Waals surface area contributed by atoms with Gasteiger partial charge in [0.25, 0.3) is 14.3 Å². The highest BCUT2D eigenvalue weighted by Crippen LogP contribution is 2.43. The molecule has 0 saturated carbocycles. The van der Waals surface area contributed by atoms with Crippen molar-refractivity contribution in [3.05, 3.63) is 102 Å². The molecule has 2 aliphatic rings. The summed E-state index contributed by atoms with van der Waals surface area (Å²) < 4.78 is 44.5. The van der Waals surface area contributed by atoms with E-state index in [4.69, 9.17) is 44.2 Å². The molecule has 3 aromatic carbocycles. The molecule has 2 aromatic heterocycles. The van der Waals surface area contributed by atoms with Crippen LogP contribution in [0, 0.1) is 11.3 Å². The summed E-state index contributed by atoms with van der Waals surface area (Å²) in [5.74, 6) is 1.58. The fraction of sp³-hybridized carbons (Fsp3) is 0.368. The molecule has 1 unspecified atom stereocenters. The van der Waals surface area contributed by atoms with Gasteiger partial charge in [0.05, 0.1) is 65.6 Å². The van der Waals surface area contributed by atoms with Gasteiger partial charge in [-0.25, -0.2) is 9.99 Å². The second kappa shape index (κ2) is 17.7. The molecule has 0 radical (unpaired) electrons. The number of hydrogen-bond acceptors (Lipinski definition) is 15. The first-order valence-electron chi connectivity index (χ1n) is 17.9. The first-order chi connectivity index (χ1) is 26.9. The van der Waals surface area contributed by atoms with Crippen molar-refractivity contribution >= 4 is 25.6 Å². The van der Waals surface area contributed by atoms with Gasteiger partial charge in [0.1, 0.15) is 29.4 Å². The highest BCUT2D eigenvalue weighted by molar-refractivity contribution is 7.48. The van der Waals surface area contributed by atoms with Gasteiger partial charge in [-0.15, -0.1) is 0 Å². The Hall–Kier alpha value is -4.95. The molecule has 4 heterocycles. The van der Waals surface area contributed by atoms with Crippen molar-refractivity contribution in [3.63, 3.8) is 0 Å². The number of fused-ring (bicyclic) bond motifs is 1. The van der Waals surface area contributed by atoms with Crippen LogP contribution in [0.5, 0.6) is 17.4 Å². The number of imidazole rings is 1. The molecule has 16 nitrogen and oxygen atoms in total. The monoisotopic (exact) mass is 769 g/mol. The molecule has 0 aliphatic carbocycles. The molecule has 7 rings (SSSR count). The Balaban J connectivity index is 1.20. The molecule has 17 heteroatoms. The molecule has 4 atom stereocenters. The third-order valence-electron chi connectivity index (χ3n) is 9.52. The van der Waals surface area contributed by atoms with E-state index in [1.54, 1.807) is 25.1 Å². The van der Waals surface area contributed by atoms with Crippen LogP contribution in [-0.2, 0) is 24.5 Å². The van der Waals surface area contributed by atoms with Crippen LogP contribution < -0.4 is 30.4 Å². The molecule has 55 heavy (non-hydrogen) atoms. The second-order valence-electron chi connectivity index (χ2n) is 12.8. The number of hydrazine groups is 1. The van der Waals surface area contributed by atoms with Crippen molar-refractivity contribution in [2.24, 2.45) is 5.50 Å². The topological polar surface area (TPSA) is 199 Å². The van der Waals surface area contributed by atoms with Crippen molar-refractivity contribution in [3.8, 4) is 23.4 Å². The maximum absolute atomic E-state index is 9.32. The predicted octanol–water partition coefficient (Wildman–Crippen LogP) is 4.42. The summed E-state index contributed by atoms with van der Waals surface area (Å²) in [7, 11) is 1.62. The lowest BCUT2D eigenvalue weighted by molar-refractivity contribution is -0.103. The van der Waals surface area contributed by atoms with Crippen LogP contribution >= 0.6 is 8.45 Å². The number of nitrogens with two attached hydrogens (primary N) is 2. The fourth-order valence-corrected chi connectivity index (χ4v) is 7.66. The van der Waals surface area contributed by atoms with Crippen LogP contribution in [-0.4, -0.2) is 90.5 Å². The molecular formula is C38H44N9O7P. The number of benzene rings is 3. The van der Waals surface area contributed by atoms with Gasteiger partial charge in [0.15, 0.2) is 11.2 Å². The van der Waals surface area contributed by atoms with Gasteiger partial charge in [0, 0.05) is 19.5 Å². The number of hydrogen-bond donors (Lipinski definition) is 3. The Labute approximate surface area is 320 Å². The van der Waals surface area contributed by atoms with E-state index in [2.05, 4.69) is 26.2 Å². The van der Waals surface area contributed by atoms with Crippen molar-refractivity contribution in [2.45, 2.75) is 36.9 Å². The van der Waals surface area contributed by atoms with Crippen molar-refractivity contribution < 1.29 is 32.9 Å². The molecule has 5 aromatic rings. The second-order valence-corrected chi connectivity index (χ2v) is 13.9. The van der Waals surface area contributed by atoms with E-state index in [9.17, 15) is 5.26 Å². The molecule has 0 amide bonds. The fourth-order valence-electron chi connectivity index (χ4n) is 6.83. The van der Waals surface area contributed by atoms with Crippen LogP contribution in [0.25, 0.3) is 11.2 Å². The molecule has 5 N–H and O–H groups in total. The van der Waals surface area contributed by atoms with Gasteiger partial charge in [-0.05, 0) is 41.0 Å². The maximum Gasteiger partial charge on any atom is 0.255 e. The Kier molecular flexibility index (Phi) is 12.3. The number of aromatic nitrogens is 4. The smallest absolute Gasteiger partial charge is 0.255 e. The molecule has 2 aliphatic heterocycles. The van der Waals surface area contributed by atoms with Crippen LogP contribution in [0.15, 0.2) is 85.2 Å². The number of nitrogens with zero attached hydrogens (tertiary/aromatic N) is 6. The summed E-state index contributed by atoms with van der Waals surface area (Å²) in [6.45, 7) is 2.87. The number of anilines is 1. The van der Waals surface area contributed by atoms with E-state index >= 15 is 0 Å². The van der Waals surface area contributed by atoms with Gasteiger partial charge in [-0.1, -0.05) is 54.6 Å². The normalized spacial score (nSPS) is 19.6. The van der Waals surface area contributed by atoms with Gasteiger partial charge >= 0.3 is 0 Å². The molecular weight excluding hydrogens is 725 g/mol. The van der Waals surface area contributed by atoms with E-state index in [1.807, 2.05) is 83.9 Å². The zero-order valence-corrected chi connectivity index (χ0v) is 31.5. The van der Waals surface area contributed by atoms with Gasteiger partial charge < -0.3 is 38.7 Å². The predicted molar refractivity (Wildman–Crippen MR) is 204 cm³/mol. The molecule has 0 bridgehead atoms. The zero-order valence-electron chi connectivity index (χ0n) is 30.6. The lowest BCUT2D eigenvalue weighted by Gasteiger charge is -2.37. The average molecular weight is 770 g/mol. The van der Waals surface area contributed by atoms with E-state index in [-0.39, 0.29) is 31.5 Å². The van der Waals surface area contributed by atoms with Crippen molar-refractivity contribution in [2.75, 3.05) is 59.5 Å². The Morgan fingerprint density at radius 1 is 0.945 bits per heavy atom. The average Bonchev–Trinajstić information content (AvgIpc) is 3.83. The lowest BCUT2D eigenvalue weighted by Crippen LogP contribution is -2.44. The van der Waals surface area contributed by atoms with Gasteiger partial charge in [0.2, 0.25) is 5.95 Å². The standard InChI is InChI=1S/C38H44N9O7P/c1-48-29-13-9-27(10-14-29)38(26-7-4-3-5-8-26,28-11-15-30(49-2)16-12-28)52-24-32-31(51-20-6-17-39)23-33(53-32)47-25-42-34-35(47)43-37(40)44-36(34)54-55(41)45-46-18-21-50-22-19-46/h3-5,7-16,25,31-33,45H,6,18-24,41H2,1-2H3,(H2,40,43,44)/t31-,32+,33+,55?/m0/s1. The minimum absolute atomic E-state index is 0.00893. The Bertz CT molecular complexity index is 2000. The van der Waals surface area contributed by atoms with Crippen LogP contribution in [0.4, 0.5) is 5.95 Å². The maximum atomic E-state index is 9.32. The number of nitrogen functional groups attached to an aromatic ring is 1. The first-order valence-corrected chi connectivity index (χ1v) is 19.2. The minimum Gasteiger partial charge on any atom is -0.497 e. The summed E-state index contributed by atoms with van der Waals surface area (Å²) in [6, 6.07) is 27.8. The largest absolute Gasteiger partial charge is 0.497 e. The minimum atomic E-state index is -1.65. The molecule has 2 saturated heterocycles. The number of nitriles is 1. The highest BCUT2D eigenvalue weighted by Gasteiger charge is 2.43. The van der Waals surface area contributed by atoms with Crippen molar-refractivity contribution in [1.29, 1.82) is 5.26 Å². The summed E-state index contributed by atoms with van der Waals surface area (Å²) in [5, 5.41) is 14.4. The number of methoxy groups -OCH3 is 2. The van der Waals surface area contributed by atoms with Gasteiger partial charge in [-0.2, -0.15) is 20.4 Å². The molecule has 2 fully saturated rings. The van der Waals surface area contributed by atoms with E-state index in [1.165, 1.54) is 0 Å². The number of morpholine rings is 1. The van der Waals surface area contributed by atoms with Crippen LogP contribution in [0.1, 0.15) is 35.8 Å². The summed E-state index contributed by atoms with van der Waals surface area (Å²) in [6.07, 6.45) is 0.663. The third-order valence-corrected chi connectivity index (χ3v) is 10.4. The van der Waals surface area contributed by atoms with Crippen molar-refractivity contribution in [1.82, 2.24) is 29.7 Å². The zero-order chi connectivity index (χ0) is 38.2. The van der Waals surface area contributed by atoms with Crippen LogP contribution in [0.2, 0.25) is 0 Å². The van der Waals surface area contributed by atoms with E-state index in [0.29, 0.717) is 43.9 Å². The summed E-state index contributed by atoms with van der Waals surface area (Å²) >= 11 is 0. The SMILES string of the molecule is COc1ccc(C(OC[C@H]2O[C@@H](n3cnc4c(OP(N)NN5CCOCC5)nc(N)nc43)C[C@@H]2OCCC#N)(c2ccccc2)c2ccc(OC)cc2)cc1. The third kappa shape index (κ3) is 8.50. The molecule has 288 valence electrons. The van der Waals surface area contributed by atoms with E-state index < -0.39 is 32.5 Å². The van der Waals surface area contributed by atoms with Gasteiger partial charge in [-0.3, -0.25) is 10.1 Å². The molecule has 0 spiro atoms. The van der Waals surface area contributed by atoms with E-state index in [0.717, 1.165) is 28.2 Å². The lowest BCUT2D eigenvalue weighted by atomic mass is 9.80. The number of ether oxygens (including phenoxy) is 6.